The van der Waals surface area contributed by atoms with Gasteiger partial charge in [-0.2, -0.15) is 0 Å². The molecule has 0 spiro atoms. The van der Waals surface area contributed by atoms with Gasteiger partial charge in [0.05, 0.1) is 13.5 Å². The van der Waals surface area contributed by atoms with Crippen LogP contribution in [-0.2, 0) is 19.1 Å². The Labute approximate surface area is 81.2 Å². The molecule has 80 valence electrons. The summed E-state index contributed by atoms with van der Waals surface area (Å²) in [5.41, 5.74) is 0. The van der Waals surface area contributed by atoms with Gasteiger partial charge < -0.3 is 15.2 Å². The smallest absolute Gasteiger partial charge is 0.325 e. The van der Waals surface area contributed by atoms with Crippen molar-refractivity contribution in [3.8, 4) is 0 Å². The number of nitrogens with one attached hydrogen (secondary N) is 1. The maximum atomic E-state index is 11.0. The average molecular weight is 203 g/mol. The van der Waals surface area contributed by atoms with Crippen LogP contribution in [0.3, 0.4) is 0 Å². The number of hydrogen-bond acceptors (Lipinski definition) is 4. The summed E-state index contributed by atoms with van der Waals surface area (Å²) in [5.74, 6) is -2.09. The minimum absolute atomic E-state index is 0.0470. The molecule has 0 heterocycles. The van der Waals surface area contributed by atoms with Crippen molar-refractivity contribution in [2.24, 2.45) is 0 Å². The zero-order chi connectivity index (χ0) is 11.1. The van der Waals surface area contributed by atoms with Crippen molar-refractivity contribution >= 4 is 17.8 Å². The van der Waals surface area contributed by atoms with E-state index in [1.54, 1.807) is 0 Å². The molecule has 0 aromatic rings. The van der Waals surface area contributed by atoms with E-state index >= 15 is 0 Å². The number of methoxy groups -OCH3 is 1. The van der Waals surface area contributed by atoms with Crippen LogP contribution in [0.25, 0.3) is 0 Å². The van der Waals surface area contributed by atoms with Crippen molar-refractivity contribution in [1.82, 2.24) is 5.32 Å². The Hall–Kier alpha value is -1.59. The first-order valence-electron chi connectivity index (χ1n) is 4.06. The predicted molar refractivity (Wildman–Crippen MR) is 46.5 cm³/mol. The van der Waals surface area contributed by atoms with Gasteiger partial charge in [-0.05, 0) is 6.92 Å². The number of rotatable bonds is 5. The normalized spacial score (nSPS) is 11.6. The van der Waals surface area contributed by atoms with Crippen LogP contribution in [0.15, 0.2) is 0 Å². The maximum Gasteiger partial charge on any atom is 0.325 e. The Bertz CT molecular complexity index is 238. The Morgan fingerprint density at radius 2 is 1.93 bits per heavy atom. The molecule has 0 rings (SSSR count). The van der Waals surface area contributed by atoms with E-state index in [9.17, 15) is 14.4 Å². The van der Waals surface area contributed by atoms with Crippen molar-refractivity contribution in [1.29, 1.82) is 0 Å². The number of ether oxygens (including phenoxy) is 1. The molecule has 0 aromatic carbocycles. The number of esters is 1. The molecule has 0 aliphatic rings. The summed E-state index contributed by atoms with van der Waals surface area (Å²) in [7, 11) is 1.22. The maximum absolute atomic E-state index is 11.0. The molecule has 0 aliphatic carbocycles. The van der Waals surface area contributed by atoms with E-state index in [2.05, 4.69) is 10.1 Å². The summed E-state index contributed by atoms with van der Waals surface area (Å²) in [4.78, 5) is 31.9. The van der Waals surface area contributed by atoms with Gasteiger partial charge in [-0.3, -0.25) is 14.4 Å². The number of carbonyl (C=O) groups is 3. The van der Waals surface area contributed by atoms with Gasteiger partial charge in [-0.1, -0.05) is 0 Å². The average Bonchev–Trinajstić information content (AvgIpc) is 2.13. The summed E-state index contributed by atoms with van der Waals surface area (Å²) in [5, 5.41) is 10.7. The molecule has 6 nitrogen and oxygen atoms in total. The van der Waals surface area contributed by atoms with E-state index in [0.29, 0.717) is 0 Å². The second kappa shape index (κ2) is 5.95. The fourth-order valence-electron chi connectivity index (χ4n) is 0.693. The highest BCUT2D eigenvalue weighted by atomic mass is 16.5. The fraction of sp³-hybridized carbons (Fsp3) is 0.625. The highest BCUT2D eigenvalue weighted by Gasteiger charge is 2.14. The molecule has 0 saturated heterocycles. The van der Waals surface area contributed by atoms with E-state index in [-0.39, 0.29) is 12.8 Å². The summed E-state index contributed by atoms with van der Waals surface area (Å²) >= 11 is 0. The Morgan fingerprint density at radius 1 is 1.36 bits per heavy atom. The van der Waals surface area contributed by atoms with Crippen LogP contribution in [0.5, 0.6) is 0 Å². The molecule has 14 heavy (non-hydrogen) atoms. The molecule has 0 aromatic heterocycles. The van der Waals surface area contributed by atoms with Crippen LogP contribution >= 0.6 is 0 Å². The first-order chi connectivity index (χ1) is 6.47. The number of carboxylic acid groups (broad SMARTS) is 1. The van der Waals surface area contributed by atoms with Crippen molar-refractivity contribution in [2.75, 3.05) is 7.11 Å². The topological polar surface area (TPSA) is 92.7 Å². The number of carboxylic acids is 1. The lowest BCUT2D eigenvalue weighted by atomic mass is 10.2. The van der Waals surface area contributed by atoms with Crippen LogP contribution < -0.4 is 5.32 Å². The summed E-state index contributed by atoms with van der Waals surface area (Å²) < 4.78 is 4.32. The summed E-state index contributed by atoms with van der Waals surface area (Å²) in [6.45, 7) is 1.35. The molecule has 0 radical (unpaired) electrons. The molecule has 0 fully saturated rings. The van der Waals surface area contributed by atoms with E-state index in [1.165, 1.54) is 14.0 Å². The first-order valence-corrected chi connectivity index (χ1v) is 4.06. The zero-order valence-electron chi connectivity index (χ0n) is 8.07. The van der Waals surface area contributed by atoms with Gasteiger partial charge in [0.25, 0.3) is 0 Å². The second-order valence-electron chi connectivity index (χ2n) is 2.70. The lowest BCUT2D eigenvalue weighted by Crippen LogP contribution is -2.38. The van der Waals surface area contributed by atoms with Gasteiger partial charge in [0, 0.05) is 6.42 Å². The third kappa shape index (κ3) is 5.13. The molecular weight excluding hydrogens is 190 g/mol. The van der Waals surface area contributed by atoms with E-state index in [4.69, 9.17) is 5.11 Å². The quantitative estimate of drug-likeness (QED) is 0.589. The standard InChI is InChI=1S/C8H13NO5/c1-5(8(12)13)9-6(10)3-4-7(11)14-2/h5H,3-4H2,1-2H3,(H,9,10)(H,12,13). The first kappa shape index (κ1) is 12.4. The number of hydrogen-bond donors (Lipinski definition) is 2. The molecular formula is C8H13NO5. The summed E-state index contributed by atoms with van der Waals surface area (Å²) in [6, 6.07) is -0.944. The van der Waals surface area contributed by atoms with E-state index in [1.807, 2.05) is 0 Å². The van der Waals surface area contributed by atoms with Gasteiger partial charge in [0.2, 0.25) is 5.91 Å². The highest BCUT2D eigenvalue weighted by Crippen LogP contribution is 1.93. The predicted octanol–water partition coefficient (Wildman–Crippen LogP) is -0.471. The van der Waals surface area contributed by atoms with Crippen molar-refractivity contribution < 1.29 is 24.2 Å². The number of carbonyl (C=O) groups excluding carboxylic acids is 2. The van der Waals surface area contributed by atoms with Crippen LogP contribution in [0.1, 0.15) is 19.8 Å². The van der Waals surface area contributed by atoms with Crippen LogP contribution in [0.4, 0.5) is 0 Å². The zero-order valence-corrected chi connectivity index (χ0v) is 8.07. The van der Waals surface area contributed by atoms with Gasteiger partial charge in [-0.15, -0.1) is 0 Å². The monoisotopic (exact) mass is 203 g/mol. The van der Waals surface area contributed by atoms with Gasteiger partial charge in [-0.25, -0.2) is 0 Å². The minimum atomic E-state index is -1.11. The summed E-state index contributed by atoms with van der Waals surface area (Å²) in [6.07, 6.45) is -0.112. The van der Waals surface area contributed by atoms with Crippen molar-refractivity contribution in [2.45, 2.75) is 25.8 Å². The second-order valence-corrected chi connectivity index (χ2v) is 2.70. The highest BCUT2D eigenvalue weighted by molar-refractivity contribution is 5.85. The van der Waals surface area contributed by atoms with Crippen LogP contribution in [0.2, 0.25) is 0 Å². The lowest BCUT2D eigenvalue weighted by Gasteiger charge is -2.08. The van der Waals surface area contributed by atoms with Crippen molar-refractivity contribution in [3.63, 3.8) is 0 Å². The molecule has 1 amide bonds. The van der Waals surface area contributed by atoms with Crippen LogP contribution in [-0.4, -0.2) is 36.1 Å². The Morgan fingerprint density at radius 3 is 2.36 bits per heavy atom. The van der Waals surface area contributed by atoms with Gasteiger partial charge >= 0.3 is 11.9 Å². The minimum Gasteiger partial charge on any atom is -0.480 e. The number of amides is 1. The van der Waals surface area contributed by atoms with Gasteiger partial charge in [0.1, 0.15) is 6.04 Å². The molecule has 6 heteroatoms. The largest absolute Gasteiger partial charge is 0.480 e. The van der Waals surface area contributed by atoms with Crippen molar-refractivity contribution in [3.05, 3.63) is 0 Å². The molecule has 1 unspecified atom stereocenters. The van der Waals surface area contributed by atoms with Crippen LogP contribution in [0, 0.1) is 0 Å². The molecule has 2 N–H and O–H groups in total. The number of aliphatic carboxylic acids is 1. The fourth-order valence-corrected chi connectivity index (χ4v) is 0.693. The Balaban J connectivity index is 3.76. The van der Waals surface area contributed by atoms with Gasteiger partial charge in [0.15, 0.2) is 0 Å². The Kier molecular flexibility index (Phi) is 5.28. The SMILES string of the molecule is COC(=O)CCC(=O)NC(C)C(=O)O. The van der Waals surface area contributed by atoms with E-state index < -0.39 is 23.9 Å². The molecule has 0 aliphatic heterocycles. The molecule has 1 atom stereocenters. The third-order valence-corrected chi connectivity index (χ3v) is 1.53. The van der Waals surface area contributed by atoms with E-state index in [0.717, 1.165) is 0 Å². The lowest BCUT2D eigenvalue weighted by molar-refractivity contribution is -0.143. The third-order valence-electron chi connectivity index (χ3n) is 1.53. The molecule has 0 bridgehead atoms. The molecule has 0 saturated carbocycles.